The average Bonchev–Trinajstić information content (AvgIpc) is 1.78. The van der Waals surface area contributed by atoms with Crippen LogP contribution in [0.3, 0.4) is 0 Å². The largest absolute Gasteiger partial charge is 0.376 e. The average molecular weight is 207 g/mol. The van der Waals surface area contributed by atoms with Crippen LogP contribution in [0.2, 0.25) is 0 Å². The summed E-state index contributed by atoms with van der Waals surface area (Å²) in [5, 5.41) is 4.99. The molecule has 0 bridgehead atoms. The van der Waals surface area contributed by atoms with Crippen molar-refractivity contribution in [1.29, 1.82) is 0 Å². The molecule has 0 amide bonds. The smallest absolute Gasteiger partial charge is 0.209 e. The predicted octanol–water partition coefficient (Wildman–Crippen LogP) is 0.479. The lowest BCUT2D eigenvalue weighted by atomic mass is 9.94. The van der Waals surface area contributed by atoms with Gasteiger partial charge in [-0.05, 0) is 32.6 Å². The summed E-state index contributed by atoms with van der Waals surface area (Å²) < 4.78 is 27.2. The number of rotatable bonds is 2. The van der Waals surface area contributed by atoms with Crippen molar-refractivity contribution in [2.45, 2.75) is 38.9 Å². The van der Waals surface area contributed by atoms with E-state index in [1.54, 1.807) is 0 Å². The molecule has 0 saturated carbocycles. The van der Waals surface area contributed by atoms with Crippen LogP contribution in [0.25, 0.3) is 0 Å². The van der Waals surface area contributed by atoms with Gasteiger partial charge < -0.3 is 4.74 Å². The van der Waals surface area contributed by atoms with Gasteiger partial charge in [0.1, 0.15) is 0 Å². The molecule has 5 heteroatoms. The van der Waals surface area contributed by atoms with Gasteiger partial charge in [0.2, 0.25) is 10.0 Å². The van der Waals surface area contributed by atoms with Crippen molar-refractivity contribution in [3.63, 3.8) is 0 Å². The third kappa shape index (κ3) is 4.06. The molecule has 1 saturated heterocycles. The lowest BCUT2D eigenvalue weighted by Crippen LogP contribution is -2.34. The molecule has 1 aliphatic rings. The Morgan fingerprint density at radius 2 is 1.77 bits per heavy atom. The molecular weight excluding hydrogens is 190 g/mol. The fraction of sp³-hybridized carbons (Fsp3) is 1.00. The quantitative estimate of drug-likeness (QED) is 0.716. The van der Waals surface area contributed by atoms with E-state index in [0.29, 0.717) is 0 Å². The van der Waals surface area contributed by atoms with E-state index in [4.69, 9.17) is 9.88 Å². The summed E-state index contributed by atoms with van der Waals surface area (Å²) >= 11 is 0. The number of sulfonamides is 1. The molecule has 0 aromatic carbocycles. The maximum Gasteiger partial charge on any atom is 0.209 e. The van der Waals surface area contributed by atoms with Crippen molar-refractivity contribution < 1.29 is 13.2 Å². The van der Waals surface area contributed by atoms with Gasteiger partial charge in [-0.1, -0.05) is 0 Å². The van der Waals surface area contributed by atoms with Crippen molar-refractivity contribution in [3.8, 4) is 0 Å². The maximum absolute atomic E-state index is 10.8. The van der Waals surface area contributed by atoms with Crippen molar-refractivity contribution >= 4 is 10.0 Å². The summed E-state index contributed by atoms with van der Waals surface area (Å²) in [5.41, 5.74) is 0. The second-order valence-electron chi connectivity index (χ2n) is 3.92. The van der Waals surface area contributed by atoms with Crippen LogP contribution in [0.1, 0.15) is 26.7 Å². The predicted molar refractivity (Wildman–Crippen MR) is 50.7 cm³/mol. The van der Waals surface area contributed by atoms with Gasteiger partial charge in [0.15, 0.2) is 0 Å². The van der Waals surface area contributed by atoms with Crippen LogP contribution in [-0.4, -0.2) is 26.4 Å². The van der Waals surface area contributed by atoms with Crippen LogP contribution >= 0.6 is 0 Å². The highest BCUT2D eigenvalue weighted by Crippen LogP contribution is 2.25. The minimum absolute atomic E-state index is 0.0883. The Bertz CT molecular complexity index is 253. The lowest BCUT2D eigenvalue weighted by Gasteiger charge is -2.31. The number of hydrogen-bond acceptors (Lipinski definition) is 3. The van der Waals surface area contributed by atoms with Crippen molar-refractivity contribution in [2.24, 2.45) is 11.1 Å². The number of hydrogen-bond donors (Lipinski definition) is 1. The zero-order chi connectivity index (χ0) is 10.1. The molecule has 1 fully saturated rings. The van der Waals surface area contributed by atoms with Crippen LogP contribution < -0.4 is 5.14 Å². The molecule has 1 rings (SSSR count). The van der Waals surface area contributed by atoms with E-state index >= 15 is 0 Å². The van der Waals surface area contributed by atoms with Gasteiger partial charge >= 0.3 is 0 Å². The monoisotopic (exact) mass is 207 g/mol. The molecule has 4 nitrogen and oxygen atoms in total. The van der Waals surface area contributed by atoms with Crippen LogP contribution in [0, 0.1) is 5.92 Å². The Morgan fingerprint density at radius 3 is 2.15 bits per heavy atom. The topological polar surface area (TPSA) is 69.4 Å². The first kappa shape index (κ1) is 10.9. The van der Waals surface area contributed by atoms with Gasteiger partial charge in [-0.2, -0.15) is 0 Å². The summed E-state index contributed by atoms with van der Waals surface area (Å²) in [5.74, 6) is 0.249. The zero-order valence-corrected chi connectivity index (χ0v) is 8.88. The summed E-state index contributed by atoms with van der Waals surface area (Å²) in [6.45, 7) is 3.93. The molecule has 1 heterocycles. The molecule has 2 atom stereocenters. The summed E-state index contributed by atoms with van der Waals surface area (Å²) in [7, 11) is -3.33. The first-order valence-corrected chi connectivity index (χ1v) is 6.24. The molecule has 2 unspecified atom stereocenters. The molecule has 13 heavy (non-hydrogen) atoms. The fourth-order valence-corrected chi connectivity index (χ4v) is 2.94. The van der Waals surface area contributed by atoms with Gasteiger partial charge in [-0.3, -0.25) is 0 Å². The van der Waals surface area contributed by atoms with Crippen molar-refractivity contribution in [3.05, 3.63) is 0 Å². The van der Waals surface area contributed by atoms with Crippen LogP contribution in [0.5, 0.6) is 0 Å². The van der Waals surface area contributed by atoms with Gasteiger partial charge in [-0.15, -0.1) is 0 Å². The Labute approximate surface area is 79.5 Å². The fourth-order valence-electron chi connectivity index (χ4n) is 2.01. The van der Waals surface area contributed by atoms with Gasteiger partial charge in [0.05, 0.1) is 18.0 Å². The highest BCUT2D eigenvalue weighted by Gasteiger charge is 2.26. The molecule has 2 N–H and O–H groups in total. The van der Waals surface area contributed by atoms with Crippen LogP contribution in [0.4, 0.5) is 0 Å². The second kappa shape index (κ2) is 3.94. The molecule has 0 aromatic heterocycles. The third-order valence-electron chi connectivity index (χ3n) is 2.26. The number of nitrogens with two attached hydrogens (primary N) is 1. The Hall–Kier alpha value is -0.130. The lowest BCUT2D eigenvalue weighted by molar-refractivity contribution is -0.0478. The minimum Gasteiger partial charge on any atom is -0.376 e. The molecule has 0 aromatic rings. The maximum atomic E-state index is 10.8. The SMILES string of the molecule is CC1CC(CS(N)(=O)=O)CC(C)O1. The Kier molecular flexibility index (Phi) is 3.32. The van der Waals surface area contributed by atoms with Gasteiger partial charge in [0, 0.05) is 0 Å². The minimum atomic E-state index is -3.33. The van der Waals surface area contributed by atoms with E-state index in [1.807, 2.05) is 13.8 Å². The second-order valence-corrected chi connectivity index (χ2v) is 5.58. The van der Waals surface area contributed by atoms with Gasteiger partial charge in [0.25, 0.3) is 0 Å². The van der Waals surface area contributed by atoms with E-state index in [1.165, 1.54) is 0 Å². The van der Waals surface area contributed by atoms with E-state index in [-0.39, 0.29) is 23.9 Å². The third-order valence-corrected chi connectivity index (χ3v) is 3.20. The molecule has 0 aliphatic carbocycles. The van der Waals surface area contributed by atoms with E-state index in [9.17, 15) is 8.42 Å². The molecule has 1 aliphatic heterocycles. The van der Waals surface area contributed by atoms with Crippen molar-refractivity contribution in [1.82, 2.24) is 0 Å². The summed E-state index contributed by atoms with van der Waals surface area (Å²) in [6.07, 6.45) is 1.88. The highest BCUT2D eigenvalue weighted by atomic mass is 32.2. The first-order valence-electron chi connectivity index (χ1n) is 4.53. The summed E-state index contributed by atoms with van der Waals surface area (Å²) in [6, 6.07) is 0. The Morgan fingerprint density at radius 1 is 1.31 bits per heavy atom. The number of ether oxygens (including phenoxy) is 1. The summed E-state index contributed by atoms with van der Waals surface area (Å²) in [4.78, 5) is 0. The highest BCUT2D eigenvalue weighted by molar-refractivity contribution is 7.89. The molecule has 78 valence electrons. The first-order chi connectivity index (χ1) is 5.87. The molecule has 0 spiro atoms. The van der Waals surface area contributed by atoms with E-state index in [0.717, 1.165) is 12.8 Å². The molecular formula is C8H17NO3S. The normalized spacial score (nSPS) is 36.1. The van der Waals surface area contributed by atoms with Crippen molar-refractivity contribution in [2.75, 3.05) is 5.75 Å². The Balaban J connectivity index is 2.51. The van der Waals surface area contributed by atoms with E-state index in [2.05, 4.69) is 0 Å². The van der Waals surface area contributed by atoms with Crippen LogP contribution in [-0.2, 0) is 14.8 Å². The number of primary sulfonamides is 1. The zero-order valence-electron chi connectivity index (χ0n) is 8.06. The van der Waals surface area contributed by atoms with Gasteiger partial charge in [-0.25, -0.2) is 13.6 Å². The van der Waals surface area contributed by atoms with Crippen LogP contribution in [0.15, 0.2) is 0 Å². The van der Waals surface area contributed by atoms with E-state index < -0.39 is 10.0 Å². The standard InChI is InChI=1S/C8H17NO3S/c1-6-3-8(4-7(2)12-6)5-13(9,10)11/h6-8H,3-5H2,1-2H3,(H2,9,10,11). The molecule has 0 radical (unpaired) electrons.